The van der Waals surface area contributed by atoms with Crippen LogP contribution in [0.3, 0.4) is 0 Å². The van der Waals surface area contributed by atoms with E-state index in [4.69, 9.17) is 22.0 Å². The number of carboxylic acid groups (broad SMARTS) is 1. The predicted octanol–water partition coefficient (Wildman–Crippen LogP) is 2.97. The molecule has 19 heavy (non-hydrogen) atoms. The van der Waals surface area contributed by atoms with Crippen molar-refractivity contribution < 1.29 is 9.90 Å². The zero-order chi connectivity index (χ0) is 14.4. The number of unbranched alkanes of at least 4 members (excludes halogenated alkanes) is 1. The number of pyridine rings is 1. The Labute approximate surface area is 117 Å². The van der Waals surface area contributed by atoms with Crippen LogP contribution < -0.4 is 5.32 Å². The lowest BCUT2D eigenvalue weighted by atomic mass is 10.1. The summed E-state index contributed by atoms with van der Waals surface area (Å²) < 4.78 is 0. The molecule has 102 valence electrons. The van der Waals surface area contributed by atoms with E-state index in [0.717, 1.165) is 12.8 Å². The lowest BCUT2D eigenvalue weighted by molar-refractivity contribution is -0.138. The average Bonchev–Trinajstić information content (AvgIpc) is 2.37. The highest BCUT2D eigenvalue weighted by atomic mass is 35.5. The fourth-order valence-corrected chi connectivity index (χ4v) is 1.83. The molecule has 1 atom stereocenters. The molecule has 0 aliphatic heterocycles. The normalized spacial score (nSPS) is 11.7. The third-order valence-electron chi connectivity index (χ3n) is 2.74. The molecule has 0 aromatic carbocycles. The van der Waals surface area contributed by atoms with Crippen LogP contribution >= 0.6 is 11.6 Å². The van der Waals surface area contributed by atoms with Gasteiger partial charge >= 0.3 is 5.97 Å². The number of nitrogens with zero attached hydrogens (tertiary/aromatic N) is 2. The van der Waals surface area contributed by atoms with Gasteiger partial charge in [-0.3, -0.25) is 0 Å². The van der Waals surface area contributed by atoms with Crippen LogP contribution in [-0.2, 0) is 4.79 Å². The lowest BCUT2D eigenvalue weighted by Gasteiger charge is -2.16. The topological polar surface area (TPSA) is 86.0 Å². The van der Waals surface area contributed by atoms with E-state index in [-0.39, 0.29) is 5.02 Å². The van der Waals surface area contributed by atoms with Crippen molar-refractivity contribution in [1.29, 1.82) is 5.26 Å². The van der Waals surface area contributed by atoms with Gasteiger partial charge in [0.15, 0.2) is 0 Å². The minimum absolute atomic E-state index is 0.255. The summed E-state index contributed by atoms with van der Waals surface area (Å²) in [5.74, 6) is -0.630. The molecule has 0 aliphatic rings. The van der Waals surface area contributed by atoms with Crippen molar-refractivity contribution in [2.75, 3.05) is 5.32 Å². The minimum atomic E-state index is -0.937. The summed E-state index contributed by atoms with van der Waals surface area (Å²) in [4.78, 5) is 15.3. The van der Waals surface area contributed by atoms with Gasteiger partial charge in [0, 0.05) is 0 Å². The van der Waals surface area contributed by atoms with Crippen LogP contribution in [0.2, 0.25) is 5.02 Å². The van der Waals surface area contributed by atoms with Gasteiger partial charge in [-0.05, 0) is 19.4 Å². The molecule has 6 heteroatoms. The summed E-state index contributed by atoms with van der Waals surface area (Å²) in [5, 5.41) is 21.1. The van der Waals surface area contributed by atoms with E-state index >= 15 is 0 Å². The zero-order valence-electron chi connectivity index (χ0n) is 10.9. The van der Waals surface area contributed by atoms with Crippen molar-refractivity contribution in [3.05, 3.63) is 22.3 Å². The SMILES string of the molecule is CCCCC(Nc1nc(C)c(C#N)cc1Cl)C(=O)O. The molecule has 0 saturated heterocycles. The number of aryl methyl sites for hydroxylation is 1. The Morgan fingerprint density at radius 1 is 1.68 bits per heavy atom. The van der Waals surface area contributed by atoms with E-state index in [1.807, 2.05) is 13.0 Å². The third-order valence-corrected chi connectivity index (χ3v) is 3.03. The molecule has 0 bridgehead atoms. The molecule has 0 amide bonds. The summed E-state index contributed by atoms with van der Waals surface area (Å²) in [5.41, 5.74) is 0.907. The molecule has 0 aliphatic carbocycles. The molecule has 1 unspecified atom stereocenters. The molecular weight excluding hydrogens is 266 g/mol. The lowest BCUT2D eigenvalue weighted by Crippen LogP contribution is -2.29. The highest BCUT2D eigenvalue weighted by Gasteiger charge is 2.19. The van der Waals surface area contributed by atoms with E-state index in [9.17, 15) is 4.79 Å². The molecule has 0 saturated carbocycles. The Kier molecular flexibility index (Phi) is 5.58. The number of halogens is 1. The van der Waals surface area contributed by atoms with Crippen molar-refractivity contribution in [2.45, 2.75) is 39.2 Å². The number of nitrogens with one attached hydrogen (secondary N) is 1. The average molecular weight is 282 g/mol. The molecule has 2 N–H and O–H groups in total. The molecular formula is C13H16ClN3O2. The Bertz CT molecular complexity index is 511. The maximum atomic E-state index is 11.1. The van der Waals surface area contributed by atoms with Crippen LogP contribution in [0.4, 0.5) is 5.82 Å². The zero-order valence-corrected chi connectivity index (χ0v) is 11.7. The number of hydrogen-bond donors (Lipinski definition) is 2. The minimum Gasteiger partial charge on any atom is -0.480 e. The van der Waals surface area contributed by atoms with Gasteiger partial charge in [0.05, 0.1) is 16.3 Å². The first-order valence-electron chi connectivity index (χ1n) is 6.06. The molecule has 5 nitrogen and oxygen atoms in total. The van der Waals surface area contributed by atoms with Crippen LogP contribution in [0.25, 0.3) is 0 Å². The van der Waals surface area contributed by atoms with Crippen molar-refractivity contribution in [3.63, 3.8) is 0 Å². The van der Waals surface area contributed by atoms with Gasteiger partial charge in [0.2, 0.25) is 0 Å². The largest absolute Gasteiger partial charge is 0.480 e. The number of carbonyl (C=O) groups is 1. The van der Waals surface area contributed by atoms with Crippen LogP contribution in [0, 0.1) is 18.3 Å². The number of rotatable bonds is 6. The summed E-state index contributed by atoms with van der Waals surface area (Å²) in [6.45, 7) is 3.68. The van der Waals surface area contributed by atoms with Crippen LogP contribution in [0.15, 0.2) is 6.07 Å². The fraction of sp³-hybridized carbons (Fsp3) is 0.462. The molecule has 1 aromatic rings. The molecule has 0 spiro atoms. The van der Waals surface area contributed by atoms with Gasteiger partial charge in [-0.1, -0.05) is 31.4 Å². The molecule has 1 rings (SSSR count). The Morgan fingerprint density at radius 2 is 2.37 bits per heavy atom. The van der Waals surface area contributed by atoms with Gasteiger partial charge in [0.25, 0.3) is 0 Å². The fourth-order valence-electron chi connectivity index (χ4n) is 1.63. The second kappa shape index (κ2) is 6.95. The van der Waals surface area contributed by atoms with Crippen molar-refractivity contribution in [2.24, 2.45) is 0 Å². The van der Waals surface area contributed by atoms with Crippen LogP contribution in [0.1, 0.15) is 37.4 Å². The highest BCUT2D eigenvalue weighted by molar-refractivity contribution is 6.33. The maximum absolute atomic E-state index is 11.1. The first-order valence-corrected chi connectivity index (χ1v) is 6.44. The van der Waals surface area contributed by atoms with E-state index in [0.29, 0.717) is 23.5 Å². The second-order valence-electron chi connectivity index (χ2n) is 4.24. The van der Waals surface area contributed by atoms with Crippen molar-refractivity contribution >= 4 is 23.4 Å². The first-order chi connectivity index (χ1) is 8.99. The number of aliphatic carboxylic acids is 1. The molecule has 0 fully saturated rings. The Hall–Kier alpha value is -1.80. The van der Waals surface area contributed by atoms with Gasteiger partial charge in [-0.2, -0.15) is 5.26 Å². The monoisotopic (exact) mass is 281 g/mol. The summed E-state index contributed by atoms with van der Waals surface area (Å²) in [6.07, 6.45) is 2.22. The van der Waals surface area contributed by atoms with E-state index < -0.39 is 12.0 Å². The Morgan fingerprint density at radius 3 is 2.89 bits per heavy atom. The number of anilines is 1. The summed E-state index contributed by atoms with van der Waals surface area (Å²) in [7, 11) is 0. The van der Waals surface area contributed by atoms with Gasteiger partial charge < -0.3 is 10.4 Å². The van der Waals surface area contributed by atoms with Gasteiger partial charge in [-0.25, -0.2) is 9.78 Å². The summed E-state index contributed by atoms with van der Waals surface area (Å²) in [6, 6.07) is 2.75. The van der Waals surface area contributed by atoms with Crippen LogP contribution in [-0.4, -0.2) is 22.1 Å². The number of aromatic nitrogens is 1. The van der Waals surface area contributed by atoms with Crippen LogP contribution in [0.5, 0.6) is 0 Å². The molecule has 0 radical (unpaired) electrons. The van der Waals surface area contributed by atoms with Gasteiger partial charge in [0.1, 0.15) is 17.9 Å². The first kappa shape index (κ1) is 15.3. The Balaban J connectivity index is 2.94. The predicted molar refractivity (Wildman–Crippen MR) is 73.3 cm³/mol. The second-order valence-corrected chi connectivity index (χ2v) is 4.65. The summed E-state index contributed by atoms with van der Waals surface area (Å²) >= 11 is 5.99. The molecule has 1 aromatic heterocycles. The number of hydrogen-bond acceptors (Lipinski definition) is 4. The van der Waals surface area contributed by atoms with Crippen molar-refractivity contribution in [1.82, 2.24) is 4.98 Å². The smallest absolute Gasteiger partial charge is 0.326 e. The third kappa shape index (κ3) is 4.11. The number of carboxylic acids is 1. The molecule has 1 heterocycles. The van der Waals surface area contributed by atoms with E-state index in [1.165, 1.54) is 6.07 Å². The highest BCUT2D eigenvalue weighted by Crippen LogP contribution is 2.23. The van der Waals surface area contributed by atoms with E-state index in [2.05, 4.69) is 10.3 Å². The maximum Gasteiger partial charge on any atom is 0.326 e. The quantitative estimate of drug-likeness (QED) is 0.837. The van der Waals surface area contributed by atoms with Crippen molar-refractivity contribution in [3.8, 4) is 6.07 Å². The van der Waals surface area contributed by atoms with Gasteiger partial charge in [-0.15, -0.1) is 0 Å². The van der Waals surface area contributed by atoms with E-state index in [1.54, 1.807) is 6.92 Å². The number of nitriles is 1. The standard InChI is InChI=1S/C13H16ClN3O2/c1-3-4-5-11(13(18)19)17-12-10(14)6-9(7-15)8(2)16-12/h6,11H,3-5H2,1-2H3,(H,16,17)(H,18,19).